The van der Waals surface area contributed by atoms with Crippen LogP contribution in [0.25, 0.3) is 0 Å². The van der Waals surface area contributed by atoms with E-state index in [4.69, 9.17) is 9.90 Å². The molecule has 1 aliphatic rings. The number of aryl methyl sites for hydroxylation is 2. The van der Waals surface area contributed by atoms with Gasteiger partial charge in [0.15, 0.2) is 0 Å². The molecule has 0 atom stereocenters. The van der Waals surface area contributed by atoms with Gasteiger partial charge in [0.1, 0.15) is 0 Å². The molecule has 3 rings (SSSR count). The number of carboxylic acid groups (broad SMARTS) is 1. The molecule has 198 valence electrons. The van der Waals surface area contributed by atoms with Crippen molar-refractivity contribution in [3.8, 4) is 0 Å². The summed E-state index contributed by atoms with van der Waals surface area (Å²) in [6, 6.07) is 14.7. The van der Waals surface area contributed by atoms with Gasteiger partial charge in [0, 0.05) is 45.7 Å². The number of sulfonamides is 1. The van der Waals surface area contributed by atoms with Gasteiger partial charge in [0.25, 0.3) is 0 Å². The first-order valence-corrected chi connectivity index (χ1v) is 12.7. The summed E-state index contributed by atoms with van der Waals surface area (Å²) in [4.78, 5) is 23.5. The number of alkyl halides is 3. The van der Waals surface area contributed by atoms with E-state index in [1.165, 1.54) is 4.31 Å². The minimum Gasteiger partial charge on any atom is -0.475 e. The molecular weight excluding hydrogens is 499 g/mol. The lowest BCUT2D eigenvalue weighted by Gasteiger charge is -2.29. The van der Waals surface area contributed by atoms with Crippen molar-refractivity contribution in [3.05, 3.63) is 65.2 Å². The molecule has 2 N–H and O–H groups in total. The molecule has 0 unspecified atom stereocenters. The molecule has 2 aromatic rings. The molecular formula is C24H30F3N3O5S. The van der Waals surface area contributed by atoms with Gasteiger partial charge < -0.3 is 15.3 Å². The van der Waals surface area contributed by atoms with Crippen molar-refractivity contribution in [1.29, 1.82) is 0 Å². The Morgan fingerprint density at radius 1 is 0.972 bits per heavy atom. The molecule has 1 aliphatic heterocycles. The van der Waals surface area contributed by atoms with Gasteiger partial charge in [0.2, 0.25) is 15.9 Å². The fraction of sp³-hybridized carbons (Fsp3) is 0.417. The Hall–Kier alpha value is -2.96. The molecule has 8 nitrogen and oxygen atoms in total. The first kappa shape index (κ1) is 29.3. The van der Waals surface area contributed by atoms with Crippen molar-refractivity contribution in [1.82, 2.24) is 14.5 Å². The maximum atomic E-state index is 13.3. The zero-order valence-corrected chi connectivity index (χ0v) is 20.9. The second-order valence-corrected chi connectivity index (χ2v) is 10.3. The normalized spacial score (nSPS) is 14.2. The Morgan fingerprint density at radius 2 is 1.44 bits per heavy atom. The van der Waals surface area contributed by atoms with Gasteiger partial charge >= 0.3 is 12.1 Å². The Kier molecular flexibility index (Phi) is 10.4. The largest absolute Gasteiger partial charge is 0.490 e. The Labute approximate surface area is 208 Å². The number of halogens is 3. The van der Waals surface area contributed by atoms with Crippen molar-refractivity contribution in [2.75, 3.05) is 32.7 Å². The predicted molar refractivity (Wildman–Crippen MR) is 128 cm³/mol. The molecule has 0 aromatic heterocycles. The lowest BCUT2D eigenvalue weighted by atomic mass is 10.1. The molecule has 2 aromatic carbocycles. The maximum Gasteiger partial charge on any atom is 0.490 e. The standard InChI is InChI=1S/C22H29N3O3S.C2HF3O2/c1-18-3-7-20(8-4-18)17-25(14-11-22(26)24-15-12-23-13-16-24)29(27,28)21-9-5-19(2)6-10-21;3-2(4,5)1(6)7/h3-10,23H,11-17H2,1-2H3;(H,6,7). The van der Waals surface area contributed by atoms with Gasteiger partial charge in [-0.1, -0.05) is 47.5 Å². The molecule has 0 aliphatic carbocycles. The van der Waals surface area contributed by atoms with Crippen LogP contribution in [0.2, 0.25) is 0 Å². The van der Waals surface area contributed by atoms with Gasteiger partial charge in [-0.25, -0.2) is 13.2 Å². The Balaban J connectivity index is 0.000000572. The van der Waals surface area contributed by atoms with Crippen molar-refractivity contribution < 1.29 is 36.3 Å². The van der Waals surface area contributed by atoms with E-state index < -0.39 is 22.2 Å². The molecule has 0 saturated carbocycles. The highest BCUT2D eigenvalue weighted by Crippen LogP contribution is 2.20. The topological polar surface area (TPSA) is 107 Å². The van der Waals surface area contributed by atoms with Gasteiger partial charge in [-0.15, -0.1) is 0 Å². The fourth-order valence-electron chi connectivity index (χ4n) is 3.33. The van der Waals surface area contributed by atoms with E-state index in [1.807, 2.05) is 38.1 Å². The minimum atomic E-state index is -5.08. The third-order valence-corrected chi connectivity index (χ3v) is 7.28. The number of nitrogens with zero attached hydrogens (tertiary/aromatic N) is 2. The molecule has 1 saturated heterocycles. The first-order chi connectivity index (χ1) is 16.8. The highest BCUT2D eigenvalue weighted by Gasteiger charge is 2.38. The highest BCUT2D eigenvalue weighted by atomic mass is 32.2. The van der Waals surface area contributed by atoms with Crippen LogP contribution in [-0.4, -0.2) is 73.5 Å². The molecule has 1 heterocycles. The lowest BCUT2D eigenvalue weighted by molar-refractivity contribution is -0.192. The number of aliphatic carboxylic acids is 1. The molecule has 0 spiro atoms. The molecule has 0 bridgehead atoms. The van der Waals surface area contributed by atoms with Crippen molar-refractivity contribution in [2.45, 2.75) is 37.9 Å². The number of hydrogen-bond donors (Lipinski definition) is 2. The summed E-state index contributed by atoms with van der Waals surface area (Å²) in [5.41, 5.74) is 3.03. The SMILES string of the molecule is Cc1ccc(CN(CCC(=O)N2CCNCC2)S(=O)(=O)c2ccc(C)cc2)cc1.O=C(O)C(F)(F)F. The van der Waals surface area contributed by atoms with Crippen LogP contribution < -0.4 is 5.32 Å². The Bertz CT molecular complexity index is 1120. The van der Waals surface area contributed by atoms with Crippen molar-refractivity contribution in [3.63, 3.8) is 0 Å². The predicted octanol–water partition coefficient (Wildman–Crippen LogP) is 2.95. The van der Waals surface area contributed by atoms with Gasteiger partial charge in [-0.3, -0.25) is 4.79 Å². The minimum absolute atomic E-state index is 0.000452. The molecule has 1 amide bonds. The number of carbonyl (C=O) groups is 2. The average molecular weight is 530 g/mol. The number of hydrogen-bond acceptors (Lipinski definition) is 5. The molecule has 12 heteroatoms. The number of rotatable bonds is 7. The molecule has 1 fully saturated rings. The van der Waals surface area contributed by atoms with Crippen LogP contribution in [0.3, 0.4) is 0 Å². The van der Waals surface area contributed by atoms with E-state index in [-0.39, 0.29) is 30.3 Å². The van der Waals surface area contributed by atoms with Crippen LogP contribution in [0.5, 0.6) is 0 Å². The summed E-state index contributed by atoms with van der Waals surface area (Å²) < 4.78 is 59.7. The Morgan fingerprint density at radius 3 is 1.92 bits per heavy atom. The summed E-state index contributed by atoms with van der Waals surface area (Å²) in [6.45, 7) is 7.21. The summed E-state index contributed by atoms with van der Waals surface area (Å²) >= 11 is 0. The van der Waals surface area contributed by atoms with E-state index in [9.17, 15) is 26.4 Å². The highest BCUT2D eigenvalue weighted by molar-refractivity contribution is 7.89. The van der Waals surface area contributed by atoms with Gasteiger partial charge in [-0.2, -0.15) is 17.5 Å². The quantitative estimate of drug-likeness (QED) is 0.571. The number of amides is 1. The van der Waals surface area contributed by atoms with E-state index in [0.717, 1.165) is 29.8 Å². The fourth-order valence-corrected chi connectivity index (χ4v) is 4.76. The van der Waals surface area contributed by atoms with Gasteiger partial charge in [0.05, 0.1) is 4.90 Å². The number of carboxylic acids is 1. The summed E-state index contributed by atoms with van der Waals surface area (Å²) in [6.07, 6.45) is -4.91. The van der Waals surface area contributed by atoms with Crippen molar-refractivity contribution >= 4 is 21.9 Å². The van der Waals surface area contributed by atoms with Gasteiger partial charge in [-0.05, 0) is 31.5 Å². The third-order valence-electron chi connectivity index (χ3n) is 5.43. The smallest absolute Gasteiger partial charge is 0.475 e. The van der Waals surface area contributed by atoms with E-state index in [2.05, 4.69) is 5.32 Å². The van der Waals surface area contributed by atoms with E-state index >= 15 is 0 Å². The zero-order chi connectivity index (χ0) is 26.9. The molecule has 0 radical (unpaired) electrons. The zero-order valence-electron chi connectivity index (χ0n) is 20.1. The number of nitrogens with one attached hydrogen (secondary N) is 1. The van der Waals surface area contributed by atoms with Crippen LogP contribution >= 0.6 is 0 Å². The third kappa shape index (κ3) is 8.92. The van der Waals surface area contributed by atoms with E-state index in [0.29, 0.717) is 13.1 Å². The van der Waals surface area contributed by atoms with Crippen LogP contribution in [0, 0.1) is 13.8 Å². The van der Waals surface area contributed by atoms with Crippen LogP contribution in [0.4, 0.5) is 13.2 Å². The monoisotopic (exact) mass is 529 g/mol. The maximum absolute atomic E-state index is 13.3. The summed E-state index contributed by atoms with van der Waals surface area (Å²) in [7, 11) is -3.70. The van der Waals surface area contributed by atoms with Crippen LogP contribution in [0.15, 0.2) is 53.4 Å². The van der Waals surface area contributed by atoms with Crippen LogP contribution in [-0.2, 0) is 26.2 Å². The average Bonchev–Trinajstić information content (AvgIpc) is 2.83. The number of carbonyl (C=O) groups excluding carboxylic acids is 1. The summed E-state index contributed by atoms with van der Waals surface area (Å²) in [5, 5.41) is 10.3. The molecule has 36 heavy (non-hydrogen) atoms. The van der Waals surface area contributed by atoms with Crippen molar-refractivity contribution in [2.24, 2.45) is 0 Å². The second kappa shape index (κ2) is 12.8. The number of benzene rings is 2. The van der Waals surface area contributed by atoms with E-state index in [1.54, 1.807) is 29.2 Å². The lowest BCUT2D eigenvalue weighted by Crippen LogP contribution is -2.47. The summed E-state index contributed by atoms with van der Waals surface area (Å²) in [5.74, 6) is -2.76. The van der Waals surface area contributed by atoms with Crippen LogP contribution in [0.1, 0.15) is 23.1 Å². The number of piperazine rings is 1. The first-order valence-electron chi connectivity index (χ1n) is 11.2. The second-order valence-electron chi connectivity index (χ2n) is 8.32.